The monoisotopic (exact) mass is 175 g/mol. The molecule has 0 spiro atoms. The number of hydrogen-bond donors (Lipinski definition) is 1. The highest BCUT2D eigenvalue weighted by Crippen LogP contribution is 2.20. The Morgan fingerprint density at radius 3 is 2.92 bits per heavy atom. The van der Waals surface area contributed by atoms with Crippen molar-refractivity contribution >= 4 is 5.91 Å². The highest BCUT2D eigenvalue weighted by Gasteiger charge is 2.19. The first-order valence-electron chi connectivity index (χ1n) is 4.63. The molecule has 1 aromatic carbocycles. The van der Waals surface area contributed by atoms with Crippen LogP contribution < -0.4 is 5.32 Å². The van der Waals surface area contributed by atoms with Gasteiger partial charge in [-0.05, 0) is 36.1 Å². The molecule has 68 valence electrons. The molecule has 0 saturated heterocycles. The van der Waals surface area contributed by atoms with Crippen LogP contribution in [0.25, 0.3) is 0 Å². The number of hydrogen-bond acceptors (Lipinski definition) is 1. The van der Waals surface area contributed by atoms with Gasteiger partial charge in [0.05, 0.1) is 0 Å². The largest absolute Gasteiger partial charge is 0.348 e. The Balaban J connectivity index is 2.56. The molecule has 0 bridgehead atoms. The van der Waals surface area contributed by atoms with Crippen molar-refractivity contribution in [2.75, 3.05) is 0 Å². The quantitative estimate of drug-likeness (QED) is 0.692. The Kier molecular flexibility index (Phi) is 1.83. The third-order valence-corrected chi connectivity index (χ3v) is 2.63. The van der Waals surface area contributed by atoms with Gasteiger partial charge >= 0.3 is 0 Å². The molecule has 1 N–H and O–H groups in total. The molecule has 1 heterocycles. The number of amides is 1. The van der Waals surface area contributed by atoms with Crippen molar-refractivity contribution in [2.24, 2.45) is 0 Å². The molecule has 1 amide bonds. The first kappa shape index (κ1) is 8.30. The summed E-state index contributed by atoms with van der Waals surface area (Å²) in [6, 6.07) is 4.14. The molecular formula is C11H13NO. The molecule has 13 heavy (non-hydrogen) atoms. The molecule has 2 heteroatoms. The van der Waals surface area contributed by atoms with Crippen molar-refractivity contribution < 1.29 is 4.79 Å². The summed E-state index contributed by atoms with van der Waals surface area (Å²) in [5.74, 6) is 0.0701. The molecule has 0 saturated carbocycles. The van der Waals surface area contributed by atoms with Crippen LogP contribution in [0, 0.1) is 6.92 Å². The third-order valence-electron chi connectivity index (χ3n) is 2.63. The smallest absolute Gasteiger partial charge is 0.251 e. The molecule has 0 aliphatic carbocycles. The van der Waals surface area contributed by atoms with E-state index >= 15 is 0 Å². The van der Waals surface area contributed by atoms with Crippen molar-refractivity contribution in [2.45, 2.75) is 26.8 Å². The van der Waals surface area contributed by atoms with Crippen LogP contribution in [0.5, 0.6) is 0 Å². The maximum absolute atomic E-state index is 11.3. The van der Waals surface area contributed by atoms with Crippen molar-refractivity contribution in [1.29, 1.82) is 0 Å². The van der Waals surface area contributed by atoms with Gasteiger partial charge in [-0.25, -0.2) is 0 Å². The van der Waals surface area contributed by atoms with E-state index in [1.165, 1.54) is 11.1 Å². The van der Waals surface area contributed by atoms with E-state index < -0.39 is 0 Å². The lowest BCUT2D eigenvalue weighted by molar-refractivity contribution is 0.0965. The Morgan fingerprint density at radius 2 is 2.23 bits per heavy atom. The molecule has 0 atom stereocenters. The van der Waals surface area contributed by atoms with E-state index in [0.717, 1.165) is 17.5 Å². The Bertz CT molecular complexity index is 369. The Hall–Kier alpha value is -1.31. The predicted octanol–water partition coefficient (Wildman–Crippen LogP) is 1.80. The second-order valence-electron chi connectivity index (χ2n) is 3.47. The van der Waals surface area contributed by atoms with Crippen LogP contribution in [-0.4, -0.2) is 5.91 Å². The highest BCUT2D eigenvalue weighted by atomic mass is 16.1. The SMILES string of the molecule is CCc1cc2c(cc1C)C(=O)NC2. The van der Waals surface area contributed by atoms with Crippen molar-refractivity contribution in [1.82, 2.24) is 5.32 Å². The molecule has 1 aliphatic rings. The fourth-order valence-corrected chi connectivity index (χ4v) is 1.81. The van der Waals surface area contributed by atoms with E-state index in [9.17, 15) is 4.79 Å². The number of rotatable bonds is 1. The van der Waals surface area contributed by atoms with E-state index in [1.54, 1.807) is 0 Å². The molecule has 0 fully saturated rings. The molecule has 2 nitrogen and oxygen atoms in total. The third kappa shape index (κ3) is 1.22. The summed E-state index contributed by atoms with van der Waals surface area (Å²) in [5, 5.41) is 2.82. The van der Waals surface area contributed by atoms with E-state index in [2.05, 4.69) is 25.2 Å². The second kappa shape index (κ2) is 2.87. The molecular weight excluding hydrogens is 162 g/mol. The van der Waals surface area contributed by atoms with E-state index in [1.807, 2.05) is 6.07 Å². The van der Waals surface area contributed by atoms with Crippen LogP contribution in [0.1, 0.15) is 34.0 Å². The van der Waals surface area contributed by atoms with Crippen LogP contribution in [-0.2, 0) is 13.0 Å². The van der Waals surface area contributed by atoms with Gasteiger partial charge in [0.2, 0.25) is 0 Å². The summed E-state index contributed by atoms with van der Waals surface area (Å²) < 4.78 is 0. The van der Waals surface area contributed by atoms with Gasteiger partial charge in [-0.3, -0.25) is 4.79 Å². The van der Waals surface area contributed by atoms with E-state index in [-0.39, 0.29) is 5.91 Å². The maximum atomic E-state index is 11.3. The number of carbonyl (C=O) groups excluding carboxylic acids is 1. The summed E-state index contributed by atoms with van der Waals surface area (Å²) in [6.07, 6.45) is 1.04. The zero-order chi connectivity index (χ0) is 9.42. The van der Waals surface area contributed by atoms with E-state index in [0.29, 0.717) is 6.54 Å². The minimum Gasteiger partial charge on any atom is -0.348 e. The summed E-state index contributed by atoms with van der Waals surface area (Å²) in [4.78, 5) is 11.3. The average molecular weight is 175 g/mol. The first-order valence-corrected chi connectivity index (χ1v) is 4.63. The van der Waals surface area contributed by atoms with Gasteiger partial charge in [-0.2, -0.15) is 0 Å². The lowest BCUT2D eigenvalue weighted by Crippen LogP contribution is -2.12. The van der Waals surface area contributed by atoms with Gasteiger partial charge in [0.25, 0.3) is 5.91 Å². The zero-order valence-electron chi connectivity index (χ0n) is 7.98. The number of benzene rings is 1. The first-order chi connectivity index (χ1) is 6.22. The molecule has 1 aliphatic heterocycles. The molecule has 1 aromatic rings. The van der Waals surface area contributed by atoms with Gasteiger partial charge in [0.1, 0.15) is 0 Å². The number of aryl methyl sites for hydroxylation is 2. The predicted molar refractivity (Wildman–Crippen MR) is 51.7 cm³/mol. The highest BCUT2D eigenvalue weighted by molar-refractivity contribution is 5.98. The van der Waals surface area contributed by atoms with Gasteiger partial charge in [0, 0.05) is 12.1 Å². The van der Waals surface area contributed by atoms with Crippen LogP contribution in [0.15, 0.2) is 12.1 Å². The Morgan fingerprint density at radius 1 is 1.46 bits per heavy atom. The minimum absolute atomic E-state index is 0.0701. The number of fused-ring (bicyclic) bond motifs is 1. The normalized spacial score (nSPS) is 14.2. The molecule has 2 rings (SSSR count). The van der Waals surface area contributed by atoms with Crippen LogP contribution in [0.2, 0.25) is 0 Å². The summed E-state index contributed by atoms with van der Waals surface area (Å²) in [7, 11) is 0. The lowest BCUT2D eigenvalue weighted by Gasteiger charge is -2.04. The summed E-state index contributed by atoms with van der Waals surface area (Å²) in [6.45, 7) is 4.89. The van der Waals surface area contributed by atoms with E-state index in [4.69, 9.17) is 0 Å². The Labute approximate surface area is 78.0 Å². The second-order valence-corrected chi connectivity index (χ2v) is 3.47. The van der Waals surface area contributed by atoms with Crippen molar-refractivity contribution in [3.05, 3.63) is 34.4 Å². The van der Waals surface area contributed by atoms with Gasteiger partial charge in [-0.15, -0.1) is 0 Å². The zero-order valence-corrected chi connectivity index (χ0v) is 7.98. The van der Waals surface area contributed by atoms with Gasteiger partial charge in [0.15, 0.2) is 0 Å². The fourth-order valence-electron chi connectivity index (χ4n) is 1.81. The summed E-state index contributed by atoms with van der Waals surface area (Å²) in [5.41, 5.74) is 4.57. The lowest BCUT2D eigenvalue weighted by atomic mass is 9.99. The summed E-state index contributed by atoms with van der Waals surface area (Å²) >= 11 is 0. The fraction of sp³-hybridized carbons (Fsp3) is 0.364. The number of nitrogens with one attached hydrogen (secondary N) is 1. The van der Waals surface area contributed by atoms with Crippen LogP contribution in [0.4, 0.5) is 0 Å². The van der Waals surface area contributed by atoms with Gasteiger partial charge < -0.3 is 5.32 Å². The molecule has 0 aromatic heterocycles. The standard InChI is InChI=1S/C11H13NO/c1-3-8-5-9-6-12-11(13)10(9)4-7(8)2/h4-5H,3,6H2,1-2H3,(H,12,13). The van der Waals surface area contributed by atoms with Crippen molar-refractivity contribution in [3.8, 4) is 0 Å². The number of carbonyl (C=O) groups is 1. The minimum atomic E-state index is 0.0701. The van der Waals surface area contributed by atoms with Crippen LogP contribution in [0.3, 0.4) is 0 Å². The molecule has 0 radical (unpaired) electrons. The average Bonchev–Trinajstić information content (AvgIpc) is 2.47. The van der Waals surface area contributed by atoms with Gasteiger partial charge in [-0.1, -0.05) is 13.0 Å². The maximum Gasteiger partial charge on any atom is 0.251 e. The van der Waals surface area contributed by atoms with Crippen LogP contribution >= 0.6 is 0 Å². The van der Waals surface area contributed by atoms with Crippen molar-refractivity contribution in [3.63, 3.8) is 0 Å². The topological polar surface area (TPSA) is 29.1 Å². The molecule has 0 unspecified atom stereocenters.